The maximum absolute atomic E-state index is 11.6. The molecule has 0 radical (unpaired) electrons. The fraction of sp³-hybridized carbons (Fsp3) is 0.900. The van der Waals surface area contributed by atoms with E-state index in [4.69, 9.17) is 10.5 Å². The number of Topliss-reactive ketones (excluding diaryl/α,β-unsaturated/α-hetero) is 1. The molecule has 0 bridgehead atoms. The van der Waals surface area contributed by atoms with Gasteiger partial charge >= 0.3 is 0 Å². The molecule has 1 fully saturated rings. The largest absolute Gasteiger partial charge is 0.381 e. The predicted octanol–water partition coefficient (Wildman–Crippen LogP) is 1.11. The number of ketones is 1. The molecule has 1 rings (SSSR count). The highest BCUT2D eigenvalue weighted by Crippen LogP contribution is 2.16. The van der Waals surface area contributed by atoms with Crippen LogP contribution in [0.5, 0.6) is 0 Å². The molecular formula is C10H19NO2. The lowest BCUT2D eigenvalue weighted by atomic mass is 9.96. The average Bonchev–Trinajstić information content (AvgIpc) is 2.55. The lowest BCUT2D eigenvalue weighted by Gasteiger charge is -2.11. The van der Waals surface area contributed by atoms with Crippen molar-refractivity contribution in [2.75, 3.05) is 13.2 Å². The first-order valence-corrected chi connectivity index (χ1v) is 5.10. The minimum atomic E-state index is 0.0538. The topological polar surface area (TPSA) is 52.3 Å². The smallest absolute Gasteiger partial charge is 0.139 e. The molecule has 0 aromatic rings. The third-order valence-electron chi connectivity index (χ3n) is 2.51. The summed E-state index contributed by atoms with van der Waals surface area (Å²) >= 11 is 0. The second kappa shape index (κ2) is 5.35. The van der Waals surface area contributed by atoms with E-state index in [9.17, 15) is 4.79 Å². The number of ether oxygens (including phenoxy) is 1. The molecule has 3 heteroatoms. The first-order chi connectivity index (χ1) is 6.24. The van der Waals surface area contributed by atoms with Crippen molar-refractivity contribution in [2.45, 2.75) is 38.6 Å². The molecule has 76 valence electrons. The minimum absolute atomic E-state index is 0.0538. The van der Waals surface area contributed by atoms with Crippen LogP contribution in [0.2, 0.25) is 0 Å². The van der Waals surface area contributed by atoms with Crippen LogP contribution >= 0.6 is 0 Å². The Morgan fingerprint density at radius 1 is 1.69 bits per heavy atom. The van der Waals surface area contributed by atoms with Gasteiger partial charge in [0, 0.05) is 25.0 Å². The van der Waals surface area contributed by atoms with Crippen molar-refractivity contribution in [3.63, 3.8) is 0 Å². The van der Waals surface area contributed by atoms with Gasteiger partial charge in [0.15, 0.2) is 0 Å². The van der Waals surface area contributed by atoms with E-state index in [1.54, 1.807) is 0 Å². The van der Waals surface area contributed by atoms with Gasteiger partial charge < -0.3 is 10.5 Å². The van der Waals surface area contributed by atoms with Crippen LogP contribution in [-0.2, 0) is 9.53 Å². The van der Waals surface area contributed by atoms with E-state index in [1.807, 2.05) is 0 Å². The van der Waals surface area contributed by atoms with Gasteiger partial charge in [-0.25, -0.2) is 0 Å². The zero-order valence-electron chi connectivity index (χ0n) is 8.29. The van der Waals surface area contributed by atoms with E-state index < -0.39 is 0 Å². The molecule has 0 aromatic carbocycles. The van der Waals surface area contributed by atoms with Crippen LogP contribution in [0.3, 0.4) is 0 Å². The maximum atomic E-state index is 11.6. The van der Waals surface area contributed by atoms with E-state index in [0.29, 0.717) is 18.8 Å². The summed E-state index contributed by atoms with van der Waals surface area (Å²) in [6, 6.07) is 0.0538. The molecule has 1 aliphatic heterocycles. The Bertz CT molecular complexity index is 164. The third-order valence-corrected chi connectivity index (χ3v) is 2.51. The van der Waals surface area contributed by atoms with Crippen LogP contribution in [0.15, 0.2) is 0 Å². The Morgan fingerprint density at radius 2 is 2.46 bits per heavy atom. The van der Waals surface area contributed by atoms with Gasteiger partial charge in [-0.15, -0.1) is 0 Å². The molecule has 3 nitrogen and oxygen atoms in total. The maximum Gasteiger partial charge on any atom is 0.139 e. The molecule has 1 aliphatic rings. The van der Waals surface area contributed by atoms with Crippen molar-refractivity contribution < 1.29 is 9.53 Å². The van der Waals surface area contributed by atoms with Crippen molar-refractivity contribution in [3.8, 4) is 0 Å². The van der Waals surface area contributed by atoms with E-state index in [-0.39, 0.29) is 12.0 Å². The number of nitrogens with two attached hydrogens (primary N) is 1. The monoisotopic (exact) mass is 185 g/mol. The van der Waals surface area contributed by atoms with E-state index in [0.717, 1.165) is 25.9 Å². The van der Waals surface area contributed by atoms with Gasteiger partial charge in [0.1, 0.15) is 5.78 Å². The van der Waals surface area contributed by atoms with Crippen molar-refractivity contribution in [2.24, 2.45) is 11.7 Å². The highest BCUT2D eigenvalue weighted by molar-refractivity contribution is 5.81. The quantitative estimate of drug-likeness (QED) is 0.698. The summed E-state index contributed by atoms with van der Waals surface area (Å²) in [4.78, 5) is 11.6. The van der Waals surface area contributed by atoms with Crippen LogP contribution in [0.4, 0.5) is 0 Å². The standard InChI is InChI=1S/C10H19NO2/c1-2-3-9(11)6-10(12)8-4-5-13-7-8/h8-9H,2-7,11H2,1H3. The fourth-order valence-electron chi connectivity index (χ4n) is 1.69. The van der Waals surface area contributed by atoms with Gasteiger partial charge in [-0.3, -0.25) is 4.79 Å². The van der Waals surface area contributed by atoms with Crippen LogP contribution in [0, 0.1) is 5.92 Å². The first-order valence-electron chi connectivity index (χ1n) is 5.10. The van der Waals surface area contributed by atoms with E-state index >= 15 is 0 Å². The molecule has 2 N–H and O–H groups in total. The Kier molecular flexibility index (Phi) is 4.39. The Morgan fingerprint density at radius 3 is 3.00 bits per heavy atom. The fourth-order valence-corrected chi connectivity index (χ4v) is 1.69. The number of carbonyl (C=O) groups is 1. The van der Waals surface area contributed by atoms with Crippen LogP contribution < -0.4 is 5.73 Å². The van der Waals surface area contributed by atoms with Crippen molar-refractivity contribution in [3.05, 3.63) is 0 Å². The second-order valence-corrected chi connectivity index (χ2v) is 3.78. The summed E-state index contributed by atoms with van der Waals surface area (Å²) in [5, 5.41) is 0. The van der Waals surface area contributed by atoms with Crippen LogP contribution in [-0.4, -0.2) is 25.0 Å². The Labute approximate surface area is 79.6 Å². The predicted molar refractivity (Wildman–Crippen MR) is 51.4 cm³/mol. The van der Waals surface area contributed by atoms with Crippen molar-refractivity contribution >= 4 is 5.78 Å². The normalized spacial score (nSPS) is 24.6. The summed E-state index contributed by atoms with van der Waals surface area (Å²) in [6.07, 6.45) is 3.41. The number of carbonyl (C=O) groups excluding carboxylic acids is 1. The van der Waals surface area contributed by atoms with Gasteiger partial charge in [0.2, 0.25) is 0 Å². The van der Waals surface area contributed by atoms with E-state index in [1.165, 1.54) is 0 Å². The number of hydrogen-bond acceptors (Lipinski definition) is 3. The van der Waals surface area contributed by atoms with Gasteiger partial charge in [0.25, 0.3) is 0 Å². The highest BCUT2D eigenvalue weighted by atomic mass is 16.5. The summed E-state index contributed by atoms with van der Waals surface area (Å²) in [5.74, 6) is 0.418. The lowest BCUT2D eigenvalue weighted by molar-refractivity contribution is -0.123. The van der Waals surface area contributed by atoms with Gasteiger partial charge in [-0.1, -0.05) is 13.3 Å². The Balaban J connectivity index is 2.23. The molecule has 2 atom stereocenters. The number of hydrogen-bond donors (Lipinski definition) is 1. The molecule has 1 saturated heterocycles. The lowest BCUT2D eigenvalue weighted by Crippen LogP contribution is -2.27. The third kappa shape index (κ3) is 3.44. The molecule has 0 aromatic heterocycles. The zero-order valence-corrected chi connectivity index (χ0v) is 8.29. The SMILES string of the molecule is CCCC(N)CC(=O)C1CCOC1. The van der Waals surface area contributed by atoms with Gasteiger partial charge in [-0.05, 0) is 12.8 Å². The molecule has 13 heavy (non-hydrogen) atoms. The zero-order chi connectivity index (χ0) is 9.68. The molecule has 0 amide bonds. The average molecular weight is 185 g/mol. The highest BCUT2D eigenvalue weighted by Gasteiger charge is 2.24. The summed E-state index contributed by atoms with van der Waals surface area (Å²) in [5.41, 5.74) is 5.79. The minimum Gasteiger partial charge on any atom is -0.381 e. The molecule has 0 spiro atoms. The van der Waals surface area contributed by atoms with Gasteiger partial charge in [0.05, 0.1) is 6.61 Å². The molecule has 1 heterocycles. The molecular weight excluding hydrogens is 166 g/mol. The second-order valence-electron chi connectivity index (χ2n) is 3.78. The summed E-state index contributed by atoms with van der Waals surface area (Å²) < 4.78 is 5.16. The first kappa shape index (κ1) is 10.7. The van der Waals surface area contributed by atoms with E-state index in [2.05, 4.69) is 6.92 Å². The van der Waals surface area contributed by atoms with Crippen LogP contribution in [0.25, 0.3) is 0 Å². The van der Waals surface area contributed by atoms with Gasteiger partial charge in [-0.2, -0.15) is 0 Å². The molecule has 0 saturated carbocycles. The summed E-state index contributed by atoms with van der Waals surface area (Å²) in [6.45, 7) is 3.43. The van der Waals surface area contributed by atoms with Crippen molar-refractivity contribution in [1.29, 1.82) is 0 Å². The van der Waals surface area contributed by atoms with Crippen molar-refractivity contribution in [1.82, 2.24) is 0 Å². The molecule has 2 unspecified atom stereocenters. The molecule has 0 aliphatic carbocycles. The summed E-state index contributed by atoms with van der Waals surface area (Å²) in [7, 11) is 0. The number of rotatable bonds is 5. The van der Waals surface area contributed by atoms with Crippen LogP contribution in [0.1, 0.15) is 32.6 Å². The Hall–Kier alpha value is -0.410.